The molecule has 27 heavy (non-hydrogen) atoms. The molecule has 2 aromatic heterocycles. The van der Waals surface area contributed by atoms with Crippen molar-refractivity contribution in [3.8, 4) is 11.7 Å². The maximum absolute atomic E-state index is 12.9. The molecule has 3 aromatic rings. The Morgan fingerprint density at radius 2 is 1.93 bits per heavy atom. The number of ether oxygens (including phenoxy) is 1. The Morgan fingerprint density at radius 3 is 2.70 bits per heavy atom. The van der Waals surface area contributed by atoms with E-state index in [1.165, 1.54) is 11.0 Å². The third-order valence-electron chi connectivity index (χ3n) is 4.23. The topological polar surface area (TPSA) is 86.0 Å². The number of benzene rings is 1. The van der Waals surface area contributed by atoms with Gasteiger partial charge in [0.15, 0.2) is 11.5 Å². The normalized spacial score (nSPS) is 16.9. The van der Waals surface area contributed by atoms with Gasteiger partial charge in [-0.1, -0.05) is 18.2 Å². The van der Waals surface area contributed by atoms with Gasteiger partial charge in [0.25, 0.3) is 5.91 Å². The van der Waals surface area contributed by atoms with Gasteiger partial charge in [0.1, 0.15) is 6.10 Å². The molecular formula is C18H17FN6O2. The Labute approximate surface area is 154 Å². The molecule has 1 amide bonds. The van der Waals surface area contributed by atoms with Gasteiger partial charge < -0.3 is 9.64 Å². The van der Waals surface area contributed by atoms with Crippen LogP contribution in [-0.2, 0) is 0 Å². The summed E-state index contributed by atoms with van der Waals surface area (Å²) < 4.78 is 18.6. The molecular weight excluding hydrogens is 351 g/mol. The highest BCUT2D eigenvalue weighted by Gasteiger charge is 2.27. The highest BCUT2D eigenvalue weighted by molar-refractivity contribution is 5.92. The van der Waals surface area contributed by atoms with Crippen LogP contribution in [0.5, 0.6) is 6.01 Å². The van der Waals surface area contributed by atoms with Crippen molar-refractivity contribution in [3.63, 3.8) is 0 Å². The van der Waals surface area contributed by atoms with Gasteiger partial charge in [-0.05, 0) is 25.0 Å². The monoisotopic (exact) mass is 368 g/mol. The standard InChI is InChI=1S/C18H17FN6O2/c19-13-9-20-18(21-10-13)27-15-7-4-8-24(12-15)17(26)16-11-22-25(23-16)14-5-2-1-3-6-14/h1-3,5-6,9-11,15H,4,7-8,12H2/t15-/m1/s1. The first-order valence-electron chi connectivity index (χ1n) is 8.60. The molecule has 0 spiro atoms. The first-order chi connectivity index (χ1) is 13.2. The van der Waals surface area contributed by atoms with Crippen molar-refractivity contribution in [2.75, 3.05) is 13.1 Å². The summed E-state index contributed by atoms with van der Waals surface area (Å²) in [5.74, 6) is -0.727. The molecule has 9 heteroatoms. The van der Waals surface area contributed by atoms with Gasteiger partial charge in [-0.2, -0.15) is 9.90 Å². The third kappa shape index (κ3) is 3.91. The summed E-state index contributed by atoms with van der Waals surface area (Å²) in [6, 6.07) is 9.49. The van der Waals surface area contributed by atoms with Crippen LogP contribution < -0.4 is 4.74 Å². The van der Waals surface area contributed by atoms with Crippen LogP contribution in [0.2, 0.25) is 0 Å². The number of para-hydroxylation sites is 1. The average molecular weight is 368 g/mol. The van der Waals surface area contributed by atoms with Crippen LogP contribution in [0.15, 0.2) is 48.9 Å². The van der Waals surface area contributed by atoms with Crippen molar-refractivity contribution < 1.29 is 13.9 Å². The molecule has 4 rings (SSSR count). The number of piperidine rings is 1. The van der Waals surface area contributed by atoms with Crippen molar-refractivity contribution in [2.45, 2.75) is 18.9 Å². The van der Waals surface area contributed by atoms with Crippen molar-refractivity contribution >= 4 is 5.91 Å². The molecule has 0 N–H and O–H groups in total. The zero-order chi connectivity index (χ0) is 18.6. The molecule has 138 valence electrons. The van der Waals surface area contributed by atoms with Crippen LogP contribution in [0.3, 0.4) is 0 Å². The summed E-state index contributed by atoms with van der Waals surface area (Å²) in [5, 5.41) is 8.45. The second-order valence-electron chi connectivity index (χ2n) is 6.17. The number of likely N-dealkylation sites (tertiary alicyclic amines) is 1. The number of rotatable bonds is 4. The van der Waals surface area contributed by atoms with Crippen LogP contribution in [-0.4, -0.2) is 55.0 Å². The van der Waals surface area contributed by atoms with Gasteiger partial charge in [0, 0.05) is 6.54 Å². The molecule has 1 aliphatic rings. The van der Waals surface area contributed by atoms with Crippen LogP contribution in [0.25, 0.3) is 5.69 Å². The number of amides is 1. The Kier molecular flexibility index (Phi) is 4.73. The summed E-state index contributed by atoms with van der Waals surface area (Å²) in [7, 11) is 0. The lowest BCUT2D eigenvalue weighted by molar-refractivity contribution is 0.0510. The largest absolute Gasteiger partial charge is 0.458 e. The Bertz CT molecular complexity index is 915. The molecule has 3 heterocycles. The van der Waals surface area contributed by atoms with Crippen molar-refractivity contribution in [2.24, 2.45) is 0 Å². The van der Waals surface area contributed by atoms with Gasteiger partial charge >= 0.3 is 6.01 Å². The van der Waals surface area contributed by atoms with E-state index in [-0.39, 0.29) is 23.7 Å². The number of hydrogen-bond donors (Lipinski definition) is 0. The van der Waals surface area contributed by atoms with E-state index in [9.17, 15) is 9.18 Å². The minimum atomic E-state index is -0.524. The summed E-state index contributed by atoms with van der Waals surface area (Å²) in [6.45, 7) is 0.999. The van der Waals surface area contributed by atoms with Crippen LogP contribution >= 0.6 is 0 Å². The van der Waals surface area contributed by atoms with Crippen LogP contribution in [0.4, 0.5) is 4.39 Å². The van der Waals surface area contributed by atoms with E-state index in [0.717, 1.165) is 30.9 Å². The maximum atomic E-state index is 12.9. The minimum absolute atomic E-state index is 0.103. The summed E-state index contributed by atoms with van der Waals surface area (Å²) in [5.41, 5.74) is 1.06. The SMILES string of the molecule is O=C(c1cnn(-c2ccccc2)n1)N1CCC[C@@H](Oc2ncc(F)cn2)C1. The molecule has 0 saturated carbocycles. The molecule has 1 aromatic carbocycles. The van der Waals surface area contributed by atoms with Crippen LogP contribution in [0.1, 0.15) is 23.3 Å². The fourth-order valence-corrected chi connectivity index (χ4v) is 2.94. The fourth-order valence-electron chi connectivity index (χ4n) is 2.94. The minimum Gasteiger partial charge on any atom is -0.458 e. The lowest BCUT2D eigenvalue weighted by Gasteiger charge is -2.31. The third-order valence-corrected chi connectivity index (χ3v) is 4.23. The van der Waals surface area contributed by atoms with E-state index < -0.39 is 5.82 Å². The molecule has 1 atom stereocenters. The van der Waals surface area contributed by atoms with Gasteiger partial charge in [-0.15, -0.1) is 5.10 Å². The van der Waals surface area contributed by atoms with Crippen molar-refractivity contribution in [3.05, 3.63) is 60.4 Å². The number of carbonyl (C=O) groups is 1. The molecule has 1 aliphatic heterocycles. The van der Waals surface area contributed by atoms with Gasteiger partial charge in [-0.25, -0.2) is 14.4 Å². The lowest BCUT2D eigenvalue weighted by Crippen LogP contribution is -2.44. The molecule has 0 radical (unpaired) electrons. The molecule has 0 aliphatic carbocycles. The number of carbonyl (C=O) groups excluding carboxylic acids is 1. The molecule has 1 fully saturated rings. The highest BCUT2D eigenvalue weighted by Crippen LogP contribution is 2.17. The predicted octanol–water partition coefficient (Wildman–Crippen LogP) is 1.88. The summed E-state index contributed by atoms with van der Waals surface area (Å²) in [6.07, 6.45) is 4.86. The first kappa shape index (κ1) is 17.1. The zero-order valence-electron chi connectivity index (χ0n) is 14.4. The van der Waals surface area contributed by atoms with Gasteiger partial charge in [0.2, 0.25) is 0 Å². The first-order valence-corrected chi connectivity index (χ1v) is 8.60. The van der Waals surface area contributed by atoms with Crippen molar-refractivity contribution in [1.82, 2.24) is 29.9 Å². The van der Waals surface area contributed by atoms with Crippen LogP contribution in [0, 0.1) is 5.82 Å². The smallest absolute Gasteiger partial charge is 0.316 e. The molecule has 1 saturated heterocycles. The molecule has 0 bridgehead atoms. The number of aromatic nitrogens is 5. The zero-order valence-corrected chi connectivity index (χ0v) is 14.4. The quantitative estimate of drug-likeness (QED) is 0.699. The van der Waals surface area contributed by atoms with E-state index >= 15 is 0 Å². The van der Waals surface area contributed by atoms with E-state index in [1.807, 2.05) is 30.3 Å². The molecule has 0 unspecified atom stereocenters. The van der Waals surface area contributed by atoms with E-state index in [4.69, 9.17) is 4.74 Å². The highest BCUT2D eigenvalue weighted by atomic mass is 19.1. The second kappa shape index (κ2) is 7.48. The lowest BCUT2D eigenvalue weighted by atomic mass is 10.1. The van der Waals surface area contributed by atoms with E-state index in [0.29, 0.717) is 13.1 Å². The maximum Gasteiger partial charge on any atom is 0.316 e. The Balaban J connectivity index is 1.43. The Morgan fingerprint density at radius 1 is 1.15 bits per heavy atom. The van der Waals surface area contributed by atoms with E-state index in [2.05, 4.69) is 20.2 Å². The Hall–Kier alpha value is -3.36. The van der Waals surface area contributed by atoms with E-state index in [1.54, 1.807) is 4.90 Å². The predicted molar refractivity (Wildman–Crippen MR) is 92.9 cm³/mol. The van der Waals surface area contributed by atoms with Gasteiger partial charge in [0.05, 0.1) is 30.8 Å². The fraction of sp³-hybridized carbons (Fsp3) is 0.278. The van der Waals surface area contributed by atoms with Gasteiger partial charge in [-0.3, -0.25) is 4.79 Å². The number of hydrogen-bond acceptors (Lipinski definition) is 6. The second-order valence-corrected chi connectivity index (χ2v) is 6.17. The van der Waals surface area contributed by atoms with Crippen molar-refractivity contribution in [1.29, 1.82) is 0 Å². The average Bonchev–Trinajstić information content (AvgIpc) is 3.20. The molecule has 8 nitrogen and oxygen atoms in total. The summed E-state index contributed by atoms with van der Waals surface area (Å²) in [4.78, 5) is 23.5. The number of halogens is 1. The number of nitrogens with zero attached hydrogens (tertiary/aromatic N) is 6. The summed E-state index contributed by atoms with van der Waals surface area (Å²) >= 11 is 0.